The van der Waals surface area contributed by atoms with E-state index in [9.17, 15) is 9.59 Å². The molecule has 2 fully saturated rings. The average molecular weight is 223 g/mol. The van der Waals surface area contributed by atoms with Crippen molar-refractivity contribution < 1.29 is 9.59 Å². The number of hydrogen-bond acceptors (Lipinski definition) is 2. The molecule has 0 spiro atoms. The van der Waals surface area contributed by atoms with E-state index in [0.29, 0.717) is 18.2 Å². The van der Waals surface area contributed by atoms with Gasteiger partial charge >= 0.3 is 0 Å². The molecule has 0 aromatic rings. The lowest BCUT2D eigenvalue weighted by atomic mass is 9.67. The zero-order valence-electron chi connectivity index (χ0n) is 10.4. The molecule has 0 heterocycles. The van der Waals surface area contributed by atoms with Crippen LogP contribution in [0, 0.1) is 16.7 Å². The molecule has 3 nitrogen and oxygen atoms in total. The van der Waals surface area contributed by atoms with Gasteiger partial charge in [-0.3, -0.25) is 9.59 Å². The van der Waals surface area contributed by atoms with E-state index in [0.717, 1.165) is 19.3 Å². The number of Topliss-reactive ketones (excluding diaryl/α,β-unsaturated/α-hetero) is 1. The van der Waals surface area contributed by atoms with Crippen molar-refractivity contribution in [3.63, 3.8) is 0 Å². The Morgan fingerprint density at radius 2 is 2.19 bits per heavy atom. The summed E-state index contributed by atoms with van der Waals surface area (Å²) in [4.78, 5) is 23.0. The van der Waals surface area contributed by atoms with Crippen LogP contribution >= 0.6 is 0 Å². The van der Waals surface area contributed by atoms with E-state index in [1.807, 2.05) is 0 Å². The van der Waals surface area contributed by atoms with Gasteiger partial charge in [-0.2, -0.15) is 0 Å². The van der Waals surface area contributed by atoms with Gasteiger partial charge < -0.3 is 5.32 Å². The van der Waals surface area contributed by atoms with Gasteiger partial charge in [-0.25, -0.2) is 0 Å². The Balaban J connectivity index is 2.10. The van der Waals surface area contributed by atoms with Gasteiger partial charge in [-0.05, 0) is 30.6 Å². The summed E-state index contributed by atoms with van der Waals surface area (Å²) in [6.07, 6.45) is 3.77. The fourth-order valence-electron chi connectivity index (χ4n) is 3.81. The van der Waals surface area contributed by atoms with Crippen molar-refractivity contribution in [1.82, 2.24) is 5.32 Å². The summed E-state index contributed by atoms with van der Waals surface area (Å²) >= 11 is 0. The Labute approximate surface area is 97.0 Å². The van der Waals surface area contributed by atoms with Gasteiger partial charge in [0.2, 0.25) is 5.91 Å². The van der Waals surface area contributed by atoms with E-state index in [-0.39, 0.29) is 16.7 Å². The number of hydrogen-bond donors (Lipinski definition) is 1. The van der Waals surface area contributed by atoms with E-state index >= 15 is 0 Å². The second-order valence-electron chi connectivity index (χ2n) is 5.90. The lowest BCUT2D eigenvalue weighted by Crippen LogP contribution is -2.39. The molecule has 90 valence electrons. The molecular formula is C13H21NO2. The normalized spacial score (nSPS) is 35.4. The first-order valence-corrected chi connectivity index (χ1v) is 6.18. The fourth-order valence-corrected chi connectivity index (χ4v) is 3.81. The first kappa shape index (κ1) is 11.6. The third kappa shape index (κ3) is 1.40. The van der Waals surface area contributed by atoms with Crippen molar-refractivity contribution in [3.05, 3.63) is 0 Å². The first-order valence-electron chi connectivity index (χ1n) is 6.18. The fraction of sp³-hybridized carbons (Fsp3) is 0.846. The molecule has 0 saturated heterocycles. The Hall–Kier alpha value is -0.860. The summed E-state index contributed by atoms with van der Waals surface area (Å²) in [7, 11) is 0. The Morgan fingerprint density at radius 3 is 2.62 bits per heavy atom. The molecule has 0 aliphatic heterocycles. The minimum Gasteiger partial charge on any atom is -0.356 e. The second-order valence-corrected chi connectivity index (χ2v) is 5.90. The summed E-state index contributed by atoms with van der Waals surface area (Å²) in [5, 5.41) is 2.82. The SMILES string of the molecule is CC(=O)NCCC12CCC(CC1=O)C2(C)C. The highest BCUT2D eigenvalue weighted by Crippen LogP contribution is 2.65. The minimum atomic E-state index is -0.153. The molecule has 1 amide bonds. The monoisotopic (exact) mass is 223 g/mol. The summed E-state index contributed by atoms with van der Waals surface area (Å²) in [5.74, 6) is 0.991. The predicted molar refractivity (Wildman–Crippen MR) is 61.9 cm³/mol. The molecule has 0 aromatic carbocycles. The van der Waals surface area contributed by atoms with Gasteiger partial charge in [-0.1, -0.05) is 13.8 Å². The average Bonchev–Trinajstić information content (AvgIpc) is 2.50. The number of carbonyl (C=O) groups is 2. The van der Waals surface area contributed by atoms with Gasteiger partial charge in [0.05, 0.1) is 0 Å². The van der Waals surface area contributed by atoms with Gasteiger partial charge in [0.15, 0.2) is 0 Å². The van der Waals surface area contributed by atoms with Crippen molar-refractivity contribution in [2.75, 3.05) is 6.54 Å². The number of nitrogens with one attached hydrogen (secondary N) is 1. The smallest absolute Gasteiger partial charge is 0.216 e. The van der Waals surface area contributed by atoms with Crippen molar-refractivity contribution in [2.45, 2.75) is 46.5 Å². The molecule has 2 bridgehead atoms. The van der Waals surface area contributed by atoms with Crippen LogP contribution in [0.3, 0.4) is 0 Å². The molecule has 2 unspecified atom stereocenters. The molecule has 0 aromatic heterocycles. The zero-order chi connectivity index (χ0) is 12.0. The highest BCUT2D eigenvalue weighted by atomic mass is 16.1. The molecule has 2 atom stereocenters. The molecule has 2 rings (SSSR count). The molecular weight excluding hydrogens is 202 g/mol. The van der Waals surface area contributed by atoms with Crippen LogP contribution in [0.5, 0.6) is 0 Å². The highest BCUT2D eigenvalue weighted by Gasteiger charge is 2.63. The lowest BCUT2D eigenvalue weighted by molar-refractivity contribution is -0.130. The van der Waals surface area contributed by atoms with Crippen LogP contribution in [-0.4, -0.2) is 18.2 Å². The van der Waals surface area contributed by atoms with Crippen molar-refractivity contribution >= 4 is 11.7 Å². The maximum atomic E-state index is 12.1. The molecule has 0 radical (unpaired) electrons. The van der Waals surface area contributed by atoms with E-state index < -0.39 is 0 Å². The summed E-state index contributed by atoms with van der Waals surface area (Å²) in [6, 6.07) is 0. The Morgan fingerprint density at radius 1 is 1.50 bits per heavy atom. The largest absolute Gasteiger partial charge is 0.356 e. The summed E-state index contributed by atoms with van der Waals surface area (Å²) < 4.78 is 0. The predicted octanol–water partition coefficient (Wildman–Crippen LogP) is 1.91. The van der Waals surface area contributed by atoms with Crippen molar-refractivity contribution in [3.8, 4) is 0 Å². The van der Waals surface area contributed by atoms with Crippen molar-refractivity contribution in [1.29, 1.82) is 0 Å². The van der Waals surface area contributed by atoms with Crippen LogP contribution in [0.4, 0.5) is 0 Å². The number of rotatable bonds is 3. The second kappa shape index (κ2) is 3.57. The van der Waals surface area contributed by atoms with Gasteiger partial charge in [0.1, 0.15) is 5.78 Å². The summed E-state index contributed by atoms with van der Waals surface area (Å²) in [6.45, 7) is 6.61. The molecule has 2 saturated carbocycles. The third-order valence-electron chi connectivity index (χ3n) is 5.06. The van der Waals surface area contributed by atoms with Crippen LogP contribution in [0.2, 0.25) is 0 Å². The topological polar surface area (TPSA) is 46.2 Å². The Bertz CT molecular complexity index is 335. The molecule has 1 N–H and O–H groups in total. The van der Waals surface area contributed by atoms with Crippen LogP contribution in [0.25, 0.3) is 0 Å². The molecule has 3 heteroatoms. The van der Waals surface area contributed by atoms with Crippen LogP contribution in [0.1, 0.15) is 46.5 Å². The maximum Gasteiger partial charge on any atom is 0.216 e. The quantitative estimate of drug-likeness (QED) is 0.794. The summed E-state index contributed by atoms with van der Waals surface area (Å²) in [5.41, 5.74) is -0.0251. The number of ketones is 1. The standard InChI is InChI=1S/C13H21NO2/c1-9(15)14-7-6-13-5-4-10(8-11(13)16)12(13,2)3/h10H,4-8H2,1-3H3,(H,14,15). The molecule has 2 aliphatic carbocycles. The highest BCUT2D eigenvalue weighted by molar-refractivity contribution is 5.89. The van der Waals surface area contributed by atoms with Crippen LogP contribution in [-0.2, 0) is 9.59 Å². The number of amides is 1. The molecule has 16 heavy (non-hydrogen) atoms. The van der Waals surface area contributed by atoms with Crippen LogP contribution in [0.15, 0.2) is 0 Å². The number of fused-ring (bicyclic) bond motifs is 2. The van der Waals surface area contributed by atoms with Crippen LogP contribution < -0.4 is 5.32 Å². The lowest BCUT2D eigenvalue weighted by Gasteiger charge is -2.36. The van der Waals surface area contributed by atoms with Gasteiger partial charge in [0, 0.05) is 25.3 Å². The zero-order valence-corrected chi connectivity index (χ0v) is 10.4. The van der Waals surface area contributed by atoms with Crippen molar-refractivity contribution in [2.24, 2.45) is 16.7 Å². The number of carbonyl (C=O) groups excluding carboxylic acids is 2. The Kier molecular flexibility index (Phi) is 2.59. The first-order chi connectivity index (χ1) is 7.40. The third-order valence-corrected chi connectivity index (χ3v) is 5.06. The van der Waals surface area contributed by atoms with E-state index in [1.54, 1.807) is 0 Å². The maximum absolute atomic E-state index is 12.1. The molecule has 2 aliphatic rings. The van der Waals surface area contributed by atoms with Gasteiger partial charge in [0.25, 0.3) is 0 Å². The van der Waals surface area contributed by atoms with Gasteiger partial charge in [-0.15, -0.1) is 0 Å². The van der Waals surface area contributed by atoms with E-state index in [2.05, 4.69) is 19.2 Å². The van der Waals surface area contributed by atoms with E-state index in [4.69, 9.17) is 0 Å². The van der Waals surface area contributed by atoms with E-state index in [1.165, 1.54) is 13.3 Å². The minimum absolute atomic E-state index is 0.00537.